The number of ether oxygens (including phenoxy) is 3. The van der Waals surface area contributed by atoms with Crippen LogP contribution >= 0.6 is 0 Å². The summed E-state index contributed by atoms with van der Waals surface area (Å²) in [5.41, 5.74) is 2.96. The van der Waals surface area contributed by atoms with Gasteiger partial charge in [-0.25, -0.2) is 4.79 Å². The van der Waals surface area contributed by atoms with Crippen LogP contribution in [0.15, 0.2) is 66.2 Å². The minimum atomic E-state index is -0.430. The molecule has 1 N–H and O–H groups in total. The SMILES string of the molecule is COc1ccc(C2OC[C@@]3(COC(=O)Nc4ccccc4)C(C)C=C(C)C2[C@H]3C)cc1. The second-order valence-electron chi connectivity index (χ2n) is 8.82. The van der Waals surface area contributed by atoms with Crippen molar-refractivity contribution in [3.05, 3.63) is 71.8 Å². The van der Waals surface area contributed by atoms with Gasteiger partial charge < -0.3 is 14.2 Å². The molecule has 5 atom stereocenters. The maximum Gasteiger partial charge on any atom is 0.411 e. The van der Waals surface area contributed by atoms with Gasteiger partial charge in [0.05, 0.1) is 19.8 Å². The zero-order valence-corrected chi connectivity index (χ0v) is 18.6. The molecule has 5 nitrogen and oxygen atoms in total. The number of carbonyl (C=O) groups excluding carboxylic acids is 1. The van der Waals surface area contributed by atoms with Crippen LogP contribution in [0.3, 0.4) is 0 Å². The summed E-state index contributed by atoms with van der Waals surface area (Å²) in [5, 5.41) is 2.81. The van der Waals surface area contributed by atoms with Crippen LogP contribution in [-0.4, -0.2) is 26.4 Å². The van der Waals surface area contributed by atoms with Gasteiger partial charge in [-0.05, 0) is 48.6 Å². The highest BCUT2D eigenvalue weighted by molar-refractivity contribution is 5.84. The van der Waals surface area contributed by atoms with E-state index in [1.165, 1.54) is 5.57 Å². The Bertz CT molecular complexity index is 940. The summed E-state index contributed by atoms with van der Waals surface area (Å²) >= 11 is 0. The predicted octanol–water partition coefficient (Wildman–Crippen LogP) is 5.85. The molecule has 164 valence electrons. The standard InChI is InChI=1S/C26H31NO4/c1-17-14-18(2)26(16-31-25(28)27-21-8-6-5-7-9-21)15-30-24(23(17)19(26)3)20-10-12-22(29-4)13-11-20/h5-14,18-19,23-24H,15-16H2,1-4H3,(H,27,28)/t18?,19-,23?,24?,26-/m1/s1. The Morgan fingerprint density at radius 2 is 1.84 bits per heavy atom. The minimum absolute atomic E-state index is 0.0177. The van der Waals surface area contributed by atoms with E-state index in [0.29, 0.717) is 19.1 Å². The molecule has 1 aliphatic carbocycles. The lowest BCUT2D eigenvalue weighted by molar-refractivity contribution is -0.165. The van der Waals surface area contributed by atoms with Crippen LogP contribution in [0.25, 0.3) is 0 Å². The summed E-state index contributed by atoms with van der Waals surface area (Å²) in [4.78, 5) is 12.4. The van der Waals surface area contributed by atoms with Crippen LogP contribution in [0, 0.1) is 23.2 Å². The molecule has 1 aliphatic heterocycles. The Hall–Kier alpha value is -2.79. The quantitative estimate of drug-likeness (QED) is 0.615. The van der Waals surface area contributed by atoms with Crippen molar-refractivity contribution < 1.29 is 19.0 Å². The molecule has 0 spiro atoms. The third kappa shape index (κ3) is 4.07. The first-order chi connectivity index (χ1) is 14.9. The van der Waals surface area contributed by atoms with E-state index in [9.17, 15) is 4.79 Å². The molecule has 0 radical (unpaired) electrons. The number of fused-ring (bicyclic) bond motifs is 2. The monoisotopic (exact) mass is 421 g/mol. The smallest absolute Gasteiger partial charge is 0.411 e. The van der Waals surface area contributed by atoms with Crippen molar-refractivity contribution in [1.29, 1.82) is 0 Å². The molecule has 1 fully saturated rings. The van der Waals surface area contributed by atoms with Crippen molar-refractivity contribution in [3.8, 4) is 5.75 Å². The lowest BCUT2D eigenvalue weighted by atomic mass is 9.56. The first-order valence-electron chi connectivity index (χ1n) is 10.9. The third-order valence-electron chi connectivity index (χ3n) is 7.19. The molecular weight excluding hydrogens is 390 g/mol. The van der Waals surface area contributed by atoms with Gasteiger partial charge in [-0.2, -0.15) is 0 Å². The average molecular weight is 422 g/mol. The number of allylic oxidation sites excluding steroid dienone is 1. The lowest BCUT2D eigenvalue weighted by Gasteiger charge is -2.55. The summed E-state index contributed by atoms with van der Waals surface area (Å²) in [6, 6.07) is 17.5. The number of rotatable bonds is 5. The Morgan fingerprint density at radius 1 is 1.13 bits per heavy atom. The summed E-state index contributed by atoms with van der Waals surface area (Å²) in [7, 11) is 1.67. The van der Waals surface area contributed by atoms with Crippen molar-refractivity contribution in [2.24, 2.45) is 23.2 Å². The van der Waals surface area contributed by atoms with Crippen molar-refractivity contribution in [2.45, 2.75) is 26.9 Å². The molecule has 3 unspecified atom stereocenters. The van der Waals surface area contributed by atoms with Gasteiger partial charge in [0.2, 0.25) is 0 Å². The first-order valence-corrected chi connectivity index (χ1v) is 10.9. The van der Waals surface area contributed by atoms with Gasteiger partial charge in [-0.15, -0.1) is 0 Å². The molecule has 31 heavy (non-hydrogen) atoms. The lowest BCUT2D eigenvalue weighted by Crippen LogP contribution is -2.54. The third-order valence-corrected chi connectivity index (χ3v) is 7.19. The fraction of sp³-hybridized carbons (Fsp3) is 0.423. The van der Waals surface area contributed by atoms with Gasteiger partial charge in [0.25, 0.3) is 0 Å². The number of amides is 1. The maximum absolute atomic E-state index is 12.4. The van der Waals surface area contributed by atoms with E-state index in [1.807, 2.05) is 42.5 Å². The number of hydrogen-bond acceptors (Lipinski definition) is 4. The summed E-state index contributed by atoms with van der Waals surface area (Å²) in [6.45, 7) is 7.53. The van der Waals surface area contributed by atoms with Gasteiger partial charge in [-0.1, -0.05) is 55.8 Å². The molecule has 0 saturated carbocycles. The molecule has 2 aliphatic rings. The number of para-hydroxylation sites is 1. The highest BCUT2D eigenvalue weighted by Crippen LogP contribution is 2.56. The fourth-order valence-corrected chi connectivity index (χ4v) is 5.23. The topological polar surface area (TPSA) is 56.8 Å². The zero-order chi connectivity index (χ0) is 22.0. The average Bonchev–Trinajstić information content (AvgIpc) is 2.77. The highest BCUT2D eigenvalue weighted by atomic mass is 16.6. The first kappa shape index (κ1) is 21.4. The van der Waals surface area contributed by atoms with Crippen molar-refractivity contribution in [3.63, 3.8) is 0 Å². The largest absolute Gasteiger partial charge is 0.497 e. The highest BCUT2D eigenvalue weighted by Gasteiger charge is 2.54. The van der Waals surface area contributed by atoms with Gasteiger partial charge >= 0.3 is 6.09 Å². The van der Waals surface area contributed by atoms with Crippen molar-refractivity contribution in [2.75, 3.05) is 25.6 Å². The molecule has 1 amide bonds. The fourth-order valence-electron chi connectivity index (χ4n) is 5.23. The van der Waals surface area contributed by atoms with E-state index in [1.54, 1.807) is 7.11 Å². The maximum atomic E-state index is 12.4. The molecule has 1 saturated heterocycles. The molecular formula is C26H31NO4. The van der Waals surface area contributed by atoms with Crippen LogP contribution in [0.2, 0.25) is 0 Å². The number of methoxy groups -OCH3 is 1. The van der Waals surface area contributed by atoms with E-state index in [4.69, 9.17) is 14.2 Å². The van der Waals surface area contributed by atoms with Crippen LogP contribution in [0.5, 0.6) is 5.75 Å². The molecule has 2 aromatic rings. The van der Waals surface area contributed by atoms with Gasteiger partial charge in [0.1, 0.15) is 12.4 Å². The molecule has 2 aromatic carbocycles. The number of hydrogen-bond donors (Lipinski definition) is 1. The van der Waals surface area contributed by atoms with E-state index in [0.717, 1.165) is 17.0 Å². The number of nitrogens with one attached hydrogen (secondary N) is 1. The van der Waals surface area contributed by atoms with Gasteiger partial charge in [0.15, 0.2) is 0 Å². The Kier molecular flexibility index (Phi) is 6.05. The number of benzene rings is 2. The van der Waals surface area contributed by atoms with E-state index >= 15 is 0 Å². The van der Waals surface area contributed by atoms with Crippen LogP contribution in [0.4, 0.5) is 10.5 Å². The zero-order valence-electron chi connectivity index (χ0n) is 18.6. The number of carbonyl (C=O) groups is 1. The Morgan fingerprint density at radius 3 is 2.52 bits per heavy atom. The number of anilines is 1. The minimum Gasteiger partial charge on any atom is -0.497 e. The van der Waals surface area contributed by atoms with Crippen LogP contribution in [-0.2, 0) is 9.47 Å². The Balaban J connectivity index is 1.51. The molecule has 5 heteroatoms. The van der Waals surface area contributed by atoms with E-state index in [-0.39, 0.29) is 23.4 Å². The predicted molar refractivity (Wildman–Crippen MR) is 121 cm³/mol. The van der Waals surface area contributed by atoms with Gasteiger partial charge in [0, 0.05) is 17.0 Å². The Labute approximate surface area is 184 Å². The van der Waals surface area contributed by atoms with Crippen LogP contribution in [0.1, 0.15) is 32.4 Å². The summed E-state index contributed by atoms with van der Waals surface area (Å²) in [6.07, 6.45) is 1.89. The normalized spacial score (nSPS) is 29.6. The van der Waals surface area contributed by atoms with Crippen LogP contribution < -0.4 is 10.1 Å². The van der Waals surface area contributed by atoms with Crippen molar-refractivity contribution >= 4 is 11.8 Å². The van der Waals surface area contributed by atoms with Gasteiger partial charge in [-0.3, -0.25) is 5.32 Å². The second kappa shape index (κ2) is 8.75. The molecule has 1 heterocycles. The molecule has 4 rings (SSSR count). The summed E-state index contributed by atoms with van der Waals surface area (Å²) < 4.78 is 17.5. The summed E-state index contributed by atoms with van der Waals surface area (Å²) in [5.74, 6) is 1.63. The molecule has 0 aromatic heterocycles. The van der Waals surface area contributed by atoms with E-state index < -0.39 is 6.09 Å². The van der Waals surface area contributed by atoms with E-state index in [2.05, 4.69) is 44.3 Å². The molecule has 2 bridgehead atoms. The van der Waals surface area contributed by atoms with Crippen molar-refractivity contribution in [1.82, 2.24) is 0 Å². The second-order valence-corrected chi connectivity index (χ2v) is 8.82.